The van der Waals surface area contributed by atoms with E-state index >= 15 is 0 Å². The maximum atomic E-state index is 12.0. The van der Waals surface area contributed by atoms with Crippen LogP contribution in [0.2, 0.25) is 0 Å². The third kappa shape index (κ3) is 5.10. The highest BCUT2D eigenvalue weighted by atomic mass is 16.6. The number of carbonyl (C=O) groups excluding carboxylic acids is 1. The molecule has 1 aliphatic heterocycles. The molecule has 1 saturated heterocycles. The predicted octanol–water partition coefficient (Wildman–Crippen LogP) is 1.21. The van der Waals surface area contributed by atoms with Gasteiger partial charge in [0.25, 0.3) is 5.91 Å². The molecule has 0 spiro atoms. The second-order valence-electron chi connectivity index (χ2n) is 6.53. The standard InChI is InChI=1S/C18H20N6O6/c25-14(10-30-13-4-2-1-3-5-13)21-22-16-15(24(28)29)17(20-11-19-16)23-8-6-12(7-9-23)18(26)27/h1-5,11-12H,6-10H2,(H,21,25)(H,26,27)(H,19,20,22). The molecule has 3 rings (SSSR count). The van der Waals surface area contributed by atoms with E-state index in [4.69, 9.17) is 9.84 Å². The van der Waals surface area contributed by atoms with Crippen LogP contribution in [-0.2, 0) is 9.59 Å². The van der Waals surface area contributed by atoms with Gasteiger partial charge < -0.3 is 14.7 Å². The Hall–Kier alpha value is -3.96. The van der Waals surface area contributed by atoms with Crippen LogP contribution in [0.25, 0.3) is 0 Å². The Morgan fingerprint density at radius 2 is 1.93 bits per heavy atom. The molecular weight excluding hydrogens is 396 g/mol. The molecule has 2 heterocycles. The highest BCUT2D eigenvalue weighted by Crippen LogP contribution is 2.33. The smallest absolute Gasteiger partial charge is 0.355 e. The van der Waals surface area contributed by atoms with Gasteiger partial charge in [-0.1, -0.05) is 18.2 Å². The molecule has 2 aromatic rings. The average molecular weight is 416 g/mol. The number of aliphatic carboxylic acids is 1. The van der Waals surface area contributed by atoms with Crippen LogP contribution in [0, 0.1) is 16.0 Å². The number of piperidine rings is 1. The maximum absolute atomic E-state index is 12.0. The predicted molar refractivity (Wildman–Crippen MR) is 105 cm³/mol. The number of carboxylic acid groups (broad SMARTS) is 1. The van der Waals surface area contributed by atoms with Crippen molar-refractivity contribution in [1.29, 1.82) is 0 Å². The number of anilines is 2. The summed E-state index contributed by atoms with van der Waals surface area (Å²) in [5.74, 6) is -1.53. The van der Waals surface area contributed by atoms with Gasteiger partial charge in [-0.3, -0.25) is 30.6 Å². The summed E-state index contributed by atoms with van der Waals surface area (Å²) in [5, 5.41) is 20.7. The van der Waals surface area contributed by atoms with Gasteiger partial charge in [0.2, 0.25) is 11.6 Å². The SMILES string of the molecule is O=C(COc1ccccc1)NNc1ncnc(N2CCC(C(=O)O)CC2)c1[N+](=O)[O-]. The van der Waals surface area contributed by atoms with Crippen molar-refractivity contribution in [3.63, 3.8) is 0 Å². The Kier molecular flexibility index (Phi) is 6.57. The van der Waals surface area contributed by atoms with Crippen LogP contribution in [0.5, 0.6) is 5.75 Å². The molecule has 0 radical (unpaired) electrons. The quantitative estimate of drug-likeness (QED) is 0.421. The third-order valence-corrected chi connectivity index (χ3v) is 4.56. The highest BCUT2D eigenvalue weighted by molar-refractivity contribution is 5.80. The summed E-state index contributed by atoms with van der Waals surface area (Å²) < 4.78 is 5.31. The van der Waals surface area contributed by atoms with Crippen molar-refractivity contribution >= 4 is 29.2 Å². The third-order valence-electron chi connectivity index (χ3n) is 4.56. The van der Waals surface area contributed by atoms with Gasteiger partial charge in [-0.05, 0) is 25.0 Å². The minimum atomic E-state index is -0.880. The average Bonchev–Trinajstić information content (AvgIpc) is 2.76. The molecule has 30 heavy (non-hydrogen) atoms. The monoisotopic (exact) mass is 416 g/mol. The molecule has 1 amide bonds. The van der Waals surface area contributed by atoms with Crippen LogP contribution in [0.1, 0.15) is 12.8 Å². The second kappa shape index (κ2) is 9.49. The van der Waals surface area contributed by atoms with Gasteiger partial charge in [0.05, 0.1) is 10.8 Å². The van der Waals surface area contributed by atoms with Gasteiger partial charge in [-0.2, -0.15) is 0 Å². The summed E-state index contributed by atoms with van der Waals surface area (Å²) in [6.45, 7) is 0.322. The lowest BCUT2D eigenvalue weighted by Crippen LogP contribution is -2.38. The van der Waals surface area contributed by atoms with Crippen LogP contribution in [0.4, 0.5) is 17.3 Å². The van der Waals surface area contributed by atoms with E-state index in [0.29, 0.717) is 31.7 Å². The Bertz CT molecular complexity index is 917. The van der Waals surface area contributed by atoms with Crippen molar-refractivity contribution < 1.29 is 24.4 Å². The molecule has 1 aromatic carbocycles. The topological polar surface area (TPSA) is 160 Å². The molecule has 12 nitrogen and oxygen atoms in total. The van der Waals surface area contributed by atoms with E-state index in [0.717, 1.165) is 6.33 Å². The van der Waals surface area contributed by atoms with Gasteiger partial charge in [-0.25, -0.2) is 9.97 Å². The first-order chi connectivity index (χ1) is 14.5. The molecule has 3 N–H and O–H groups in total. The largest absolute Gasteiger partial charge is 0.484 e. The summed E-state index contributed by atoms with van der Waals surface area (Å²) in [7, 11) is 0. The van der Waals surface area contributed by atoms with Crippen LogP contribution < -0.4 is 20.5 Å². The van der Waals surface area contributed by atoms with E-state index in [2.05, 4.69) is 20.8 Å². The molecule has 1 fully saturated rings. The number of ether oxygens (including phenoxy) is 1. The number of carboxylic acids is 1. The van der Waals surface area contributed by atoms with Crippen molar-refractivity contribution in [2.24, 2.45) is 5.92 Å². The summed E-state index contributed by atoms with van der Waals surface area (Å²) in [4.78, 5) is 43.6. The number of nitrogens with one attached hydrogen (secondary N) is 2. The van der Waals surface area contributed by atoms with E-state index in [1.54, 1.807) is 29.2 Å². The van der Waals surface area contributed by atoms with Crippen LogP contribution in [0.3, 0.4) is 0 Å². The zero-order valence-electron chi connectivity index (χ0n) is 15.9. The first-order valence-corrected chi connectivity index (χ1v) is 9.15. The minimum absolute atomic E-state index is 0.0659. The summed E-state index contributed by atoms with van der Waals surface area (Å²) in [5.41, 5.74) is 4.35. The Labute approximate surface area is 171 Å². The lowest BCUT2D eigenvalue weighted by atomic mass is 9.97. The number of amides is 1. The minimum Gasteiger partial charge on any atom is -0.484 e. The first kappa shape index (κ1) is 20.8. The molecule has 158 valence electrons. The van der Waals surface area contributed by atoms with E-state index in [1.165, 1.54) is 0 Å². The number of para-hydroxylation sites is 1. The number of hydrogen-bond acceptors (Lipinski definition) is 9. The molecule has 0 bridgehead atoms. The number of hydrazine groups is 1. The van der Waals surface area contributed by atoms with Crippen molar-refractivity contribution in [2.45, 2.75) is 12.8 Å². The lowest BCUT2D eigenvalue weighted by molar-refractivity contribution is -0.383. The molecule has 0 aliphatic carbocycles. The van der Waals surface area contributed by atoms with E-state index in [-0.39, 0.29) is 18.2 Å². The molecule has 1 aliphatic rings. The van der Waals surface area contributed by atoms with Crippen LogP contribution in [0.15, 0.2) is 36.7 Å². The fraction of sp³-hybridized carbons (Fsp3) is 0.333. The van der Waals surface area contributed by atoms with Crippen molar-refractivity contribution in [2.75, 3.05) is 30.0 Å². The van der Waals surface area contributed by atoms with E-state index < -0.39 is 28.4 Å². The van der Waals surface area contributed by atoms with Gasteiger partial charge >= 0.3 is 11.7 Å². The normalized spacial score (nSPS) is 14.1. The number of benzene rings is 1. The van der Waals surface area contributed by atoms with Crippen LogP contribution in [-0.4, -0.2) is 51.6 Å². The zero-order chi connectivity index (χ0) is 21.5. The summed E-state index contributed by atoms with van der Waals surface area (Å²) >= 11 is 0. The number of rotatable bonds is 8. The van der Waals surface area contributed by atoms with Crippen molar-refractivity contribution in [3.8, 4) is 5.75 Å². The summed E-state index contributed by atoms with van der Waals surface area (Å²) in [6, 6.07) is 8.71. The summed E-state index contributed by atoms with van der Waals surface area (Å²) in [6.07, 6.45) is 1.85. The van der Waals surface area contributed by atoms with Gasteiger partial charge in [0.1, 0.15) is 12.1 Å². The number of carbonyl (C=O) groups is 2. The zero-order valence-corrected chi connectivity index (χ0v) is 15.9. The molecule has 0 saturated carbocycles. The molecule has 12 heteroatoms. The molecular formula is C18H20N6O6. The molecule has 0 unspecified atom stereocenters. The van der Waals surface area contributed by atoms with Gasteiger partial charge in [0.15, 0.2) is 6.61 Å². The molecule has 1 aromatic heterocycles. The first-order valence-electron chi connectivity index (χ1n) is 9.15. The fourth-order valence-corrected chi connectivity index (χ4v) is 3.03. The Morgan fingerprint density at radius 1 is 1.23 bits per heavy atom. The lowest BCUT2D eigenvalue weighted by Gasteiger charge is -2.30. The van der Waals surface area contributed by atoms with Gasteiger partial charge in [0, 0.05) is 13.1 Å². The van der Waals surface area contributed by atoms with E-state index in [1.807, 2.05) is 6.07 Å². The van der Waals surface area contributed by atoms with E-state index in [9.17, 15) is 19.7 Å². The van der Waals surface area contributed by atoms with Crippen LogP contribution >= 0.6 is 0 Å². The number of aromatic nitrogens is 2. The Morgan fingerprint density at radius 3 is 2.57 bits per heavy atom. The fourth-order valence-electron chi connectivity index (χ4n) is 3.03. The second-order valence-corrected chi connectivity index (χ2v) is 6.53. The number of nitrogens with zero attached hydrogens (tertiary/aromatic N) is 4. The highest BCUT2D eigenvalue weighted by Gasteiger charge is 2.31. The van der Waals surface area contributed by atoms with Crippen molar-refractivity contribution in [1.82, 2.24) is 15.4 Å². The maximum Gasteiger partial charge on any atom is 0.355 e. The van der Waals surface area contributed by atoms with Crippen molar-refractivity contribution in [3.05, 3.63) is 46.8 Å². The molecule has 0 atom stereocenters. The number of nitro groups is 1. The van der Waals surface area contributed by atoms with Gasteiger partial charge in [-0.15, -0.1) is 0 Å². The number of hydrogen-bond donors (Lipinski definition) is 3. The Balaban J connectivity index is 1.65.